The van der Waals surface area contributed by atoms with Crippen LogP contribution in [0.25, 0.3) is 11.0 Å². The number of carbonyl (C=O) groups excluding carboxylic acids is 1. The maximum atomic E-state index is 12.1. The average molecular weight is 302 g/mol. The van der Waals surface area contributed by atoms with Gasteiger partial charge in [0.25, 0.3) is 0 Å². The van der Waals surface area contributed by atoms with Crippen LogP contribution in [0.5, 0.6) is 0 Å². The molecule has 22 heavy (non-hydrogen) atoms. The van der Waals surface area contributed by atoms with Crippen LogP contribution in [0.2, 0.25) is 0 Å². The van der Waals surface area contributed by atoms with E-state index in [9.17, 15) is 9.59 Å². The molecule has 7 nitrogen and oxygen atoms in total. The van der Waals surface area contributed by atoms with Gasteiger partial charge in [-0.1, -0.05) is 12.1 Å². The van der Waals surface area contributed by atoms with Crippen molar-refractivity contribution in [2.24, 2.45) is 13.0 Å². The van der Waals surface area contributed by atoms with Gasteiger partial charge in [0.05, 0.1) is 23.5 Å². The maximum absolute atomic E-state index is 12.1. The number of hydrogen-bond acceptors (Lipinski definition) is 3. The third-order valence-electron chi connectivity index (χ3n) is 4.10. The first kappa shape index (κ1) is 14.4. The molecule has 7 heteroatoms. The Morgan fingerprint density at radius 2 is 2.18 bits per heavy atom. The van der Waals surface area contributed by atoms with E-state index in [1.807, 2.05) is 35.9 Å². The summed E-state index contributed by atoms with van der Waals surface area (Å²) in [5.41, 5.74) is 1.90. The van der Waals surface area contributed by atoms with E-state index in [4.69, 9.17) is 5.11 Å². The second-order valence-electron chi connectivity index (χ2n) is 5.50. The van der Waals surface area contributed by atoms with E-state index in [1.165, 1.54) is 0 Å². The fourth-order valence-electron chi connectivity index (χ4n) is 2.77. The smallest absolute Gasteiger partial charge is 0.317 e. The Balaban J connectivity index is 1.63. The number of nitrogens with zero attached hydrogens (tertiary/aromatic N) is 3. The summed E-state index contributed by atoms with van der Waals surface area (Å²) >= 11 is 0. The summed E-state index contributed by atoms with van der Waals surface area (Å²) in [6, 6.07) is 7.54. The highest BCUT2D eigenvalue weighted by molar-refractivity contribution is 5.78. The van der Waals surface area contributed by atoms with Crippen LogP contribution >= 0.6 is 0 Å². The topological polar surface area (TPSA) is 87.5 Å². The van der Waals surface area contributed by atoms with Crippen LogP contribution in [-0.4, -0.2) is 44.6 Å². The fraction of sp³-hybridized carbons (Fsp3) is 0.400. The van der Waals surface area contributed by atoms with Crippen LogP contribution in [0, 0.1) is 5.92 Å². The summed E-state index contributed by atoms with van der Waals surface area (Å²) in [7, 11) is 1.91. The van der Waals surface area contributed by atoms with E-state index in [1.54, 1.807) is 4.90 Å². The number of amides is 2. The van der Waals surface area contributed by atoms with Gasteiger partial charge in [0.1, 0.15) is 5.82 Å². The Morgan fingerprint density at radius 3 is 2.86 bits per heavy atom. The van der Waals surface area contributed by atoms with Crippen LogP contribution in [0.1, 0.15) is 12.2 Å². The zero-order valence-corrected chi connectivity index (χ0v) is 12.3. The molecule has 0 radical (unpaired) electrons. The molecule has 2 heterocycles. The molecule has 2 aromatic rings. The first-order valence-electron chi connectivity index (χ1n) is 7.22. The number of fused-ring (bicyclic) bond motifs is 1. The van der Waals surface area contributed by atoms with Crippen molar-refractivity contribution >= 4 is 23.0 Å². The number of aryl methyl sites for hydroxylation is 1. The van der Waals surface area contributed by atoms with Gasteiger partial charge in [0.15, 0.2) is 0 Å². The number of nitrogens with one attached hydrogen (secondary N) is 1. The second-order valence-corrected chi connectivity index (χ2v) is 5.50. The van der Waals surface area contributed by atoms with E-state index < -0.39 is 11.9 Å². The minimum atomic E-state index is -0.842. The molecule has 1 fully saturated rings. The number of likely N-dealkylation sites (tertiary alicyclic amines) is 1. The Labute approximate surface area is 127 Å². The van der Waals surface area contributed by atoms with Crippen LogP contribution in [0.3, 0.4) is 0 Å². The van der Waals surface area contributed by atoms with Gasteiger partial charge in [-0.05, 0) is 18.6 Å². The van der Waals surface area contributed by atoms with Gasteiger partial charge < -0.3 is 19.9 Å². The Kier molecular flexibility index (Phi) is 3.70. The fourth-order valence-corrected chi connectivity index (χ4v) is 2.77. The van der Waals surface area contributed by atoms with Crippen molar-refractivity contribution in [2.75, 3.05) is 13.1 Å². The molecule has 2 amide bonds. The normalized spacial score (nSPS) is 17.9. The molecule has 0 bridgehead atoms. The van der Waals surface area contributed by atoms with Gasteiger partial charge in [-0.25, -0.2) is 9.78 Å². The lowest BCUT2D eigenvalue weighted by atomic mass is 10.1. The lowest BCUT2D eigenvalue weighted by molar-refractivity contribution is -0.141. The van der Waals surface area contributed by atoms with Crippen molar-refractivity contribution in [1.29, 1.82) is 0 Å². The van der Waals surface area contributed by atoms with E-state index in [0.717, 1.165) is 16.9 Å². The van der Waals surface area contributed by atoms with E-state index >= 15 is 0 Å². The SMILES string of the molecule is Cn1c(CNC(=O)N2CCC(C(=O)O)C2)nc2ccccc21. The monoisotopic (exact) mass is 302 g/mol. The van der Waals surface area contributed by atoms with E-state index in [0.29, 0.717) is 19.5 Å². The number of aromatic nitrogens is 2. The molecule has 116 valence electrons. The van der Waals surface area contributed by atoms with Crippen molar-refractivity contribution in [2.45, 2.75) is 13.0 Å². The van der Waals surface area contributed by atoms with Crippen LogP contribution in [0.15, 0.2) is 24.3 Å². The van der Waals surface area contributed by atoms with Crippen molar-refractivity contribution in [3.8, 4) is 0 Å². The quantitative estimate of drug-likeness (QED) is 0.891. The zero-order valence-electron chi connectivity index (χ0n) is 12.3. The summed E-state index contributed by atoms with van der Waals surface area (Å²) in [4.78, 5) is 29.1. The predicted molar refractivity (Wildman–Crippen MR) is 80.3 cm³/mol. The number of carboxylic acids is 1. The molecule has 1 atom stereocenters. The minimum absolute atomic E-state index is 0.240. The number of imidazole rings is 1. The molecule has 1 unspecified atom stereocenters. The maximum Gasteiger partial charge on any atom is 0.317 e. The van der Waals surface area contributed by atoms with Gasteiger partial charge in [-0.3, -0.25) is 4.79 Å². The molecule has 3 rings (SSSR count). The van der Waals surface area contributed by atoms with Gasteiger partial charge in [0.2, 0.25) is 0 Å². The molecule has 1 aromatic heterocycles. The second kappa shape index (κ2) is 5.67. The number of para-hydroxylation sites is 2. The molecule has 0 aliphatic carbocycles. The Bertz CT molecular complexity index is 725. The summed E-state index contributed by atoms with van der Waals surface area (Å²) in [5.74, 6) is -0.532. The van der Waals surface area contributed by atoms with Crippen molar-refractivity contribution in [3.63, 3.8) is 0 Å². The largest absolute Gasteiger partial charge is 0.481 e. The first-order valence-corrected chi connectivity index (χ1v) is 7.22. The molecule has 1 aromatic carbocycles. The summed E-state index contributed by atoms with van der Waals surface area (Å²) in [6.45, 7) is 1.06. The number of rotatable bonds is 3. The van der Waals surface area contributed by atoms with E-state index in [2.05, 4.69) is 10.3 Å². The van der Waals surface area contributed by atoms with E-state index in [-0.39, 0.29) is 12.6 Å². The van der Waals surface area contributed by atoms with Crippen LogP contribution < -0.4 is 5.32 Å². The first-order chi connectivity index (χ1) is 10.6. The minimum Gasteiger partial charge on any atom is -0.481 e. The van der Waals surface area contributed by atoms with Crippen molar-refractivity contribution in [3.05, 3.63) is 30.1 Å². The lowest BCUT2D eigenvalue weighted by Crippen LogP contribution is -2.39. The van der Waals surface area contributed by atoms with Gasteiger partial charge >= 0.3 is 12.0 Å². The highest BCUT2D eigenvalue weighted by Gasteiger charge is 2.30. The van der Waals surface area contributed by atoms with Gasteiger partial charge in [-0.2, -0.15) is 0 Å². The highest BCUT2D eigenvalue weighted by Crippen LogP contribution is 2.17. The number of carbonyl (C=O) groups is 2. The molecule has 0 spiro atoms. The number of benzene rings is 1. The molecule has 1 saturated heterocycles. The Morgan fingerprint density at radius 1 is 1.41 bits per heavy atom. The van der Waals surface area contributed by atoms with Crippen LogP contribution in [-0.2, 0) is 18.4 Å². The predicted octanol–water partition coefficient (Wildman–Crippen LogP) is 1.19. The molecular weight excluding hydrogens is 284 g/mol. The zero-order chi connectivity index (χ0) is 15.7. The average Bonchev–Trinajstić information content (AvgIpc) is 3.11. The summed E-state index contributed by atoms with van der Waals surface area (Å²) < 4.78 is 1.94. The summed E-state index contributed by atoms with van der Waals surface area (Å²) in [6.07, 6.45) is 0.509. The standard InChI is InChI=1S/C15H18N4O3/c1-18-12-5-3-2-4-11(12)17-13(18)8-16-15(22)19-7-6-10(9-19)14(20)21/h2-5,10H,6-9H2,1H3,(H,16,22)(H,20,21). The molecule has 1 aliphatic heterocycles. The molecule has 1 aliphatic rings. The Hall–Kier alpha value is -2.57. The number of hydrogen-bond donors (Lipinski definition) is 2. The molecular formula is C15H18N4O3. The van der Waals surface area contributed by atoms with Crippen molar-refractivity contribution < 1.29 is 14.7 Å². The molecule has 0 saturated carbocycles. The third-order valence-corrected chi connectivity index (χ3v) is 4.10. The molecule has 2 N–H and O–H groups in total. The lowest BCUT2D eigenvalue weighted by Gasteiger charge is -2.16. The number of carboxylic acid groups (broad SMARTS) is 1. The van der Waals surface area contributed by atoms with Gasteiger partial charge in [0, 0.05) is 20.1 Å². The third kappa shape index (κ3) is 2.61. The highest BCUT2D eigenvalue weighted by atomic mass is 16.4. The number of aliphatic carboxylic acids is 1. The number of urea groups is 1. The van der Waals surface area contributed by atoms with Crippen molar-refractivity contribution in [1.82, 2.24) is 19.8 Å². The van der Waals surface area contributed by atoms with Crippen LogP contribution in [0.4, 0.5) is 4.79 Å². The van der Waals surface area contributed by atoms with Gasteiger partial charge in [-0.15, -0.1) is 0 Å². The summed E-state index contributed by atoms with van der Waals surface area (Å²) in [5, 5.41) is 11.8.